The Hall–Kier alpha value is -5.88. The Kier molecular flexibility index (Phi) is 17.7. The van der Waals surface area contributed by atoms with Gasteiger partial charge in [-0.15, -0.1) is 0 Å². The molecule has 18 heteroatoms. The number of aliphatic carboxylic acids is 1. The molecule has 17 nitrogen and oxygen atoms in total. The van der Waals surface area contributed by atoms with Crippen LogP contribution in [0, 0.1) is 0 Å². The van der Waals surface area contributed by atoms with E-state index in [1.54, 1.807) is 32.9 Å². The molecule has 0 unspecified atom stereocenters. The second kappa shape index (κ2) is 22.5. The summed E-state index contributed by atoms with van der Waals surface area (Å²) in [6.45, 7) is 8.58. The zero-order valence-electron chi connectivity index (χ0n) is 36.4. The van der Waals surface area contributed by atoms with Crippen molar-refractivity contribution in [1.82, 2.24) is 31.5 Å². The van der Waals surface area contributed by atoms with Crippen LogP contribution in [0.25, 0.3) is 10.8 Å². The van der Waals surface area contributed by atoms with E-state index in [2.05, 4.69) is 26.6 Å². The molecule has 5 atom stereocenters. The molecule has 0 spiro atoms. The van der Waals surface area contributed by atoms with Gasteiger partial charge in [-0.25, -0.2) is 0 Å². The summed E-state index contributed by atoms with van der Waals surface area (Å²) in [5.74, 6) is -5.12. The van der Waals surface area contributed by atoms with Gasteiger partial charge in [0.2, 0.25) is 35.4 Å². The van der Waals surface area contributed by atoms with E-state index < -0.39 is 93.0 Å². The summed E-state index contributed by atoms with van der Waals surface area (Å²) in [5.41, 5.74) is 0.967. The molecular formula is C45H60N6O11S. The van der Waals surface area contributed by atoms with Gasteiger partial charge in [0.15, 0.2) is 0 Å². The smallest absolute Gasteiger partial charge is 0.303 e. The monoisotopic (exact) mass is 892 g/mol. The first-order valence-electron chi connectivity index (χ1n) is 21.2. The predicted molar refractivity (Wildman–Crippen MR) is 235 cm³/mol. The number of amides is 6. The molecule has 3 aromatic carbocycles. The van der Waals surface area contributed by atoms with Gasteiger partial charge in [0.25, 0.3) is 10.1 Å². The topological polar surface area (TPSA) is 257 Å². The Balaban J connectivity index is 1.57. The van der Waals surface area contributed by atoms with Gasteiger partial charge < -0.3 is 36.6 Å². The number of fused-ring (bicyclic) bond motifs is 1. The molecule has 342 valence electrons. The van der Waals surface area contributed by atoms with Gasteiger partial charge in [0.1, 0.15) is 36.0 Å². The molecule has 0 aromatic heterocycles. The molecule has 1 saturated heterocycles. The van der Waals surface area contributed by atoms with Crippen molar-refractivity contribution in [3.05, 3.63) is 83.4 Å². The molecule has 1 heterocycles. The maximum Gasteiger partial charge on any atom is 0.303 e. The van der Waals surface area contributed by atoms with E-state index in [1.807, 2.05) is 49.4 Å². The number of carboxylic acid groups (broad SMARTS) is 1. The highest BCUT2D eigenvalue weighted by molar-refractivity contribution is 7.85. The number of hydrogen-bond acceptors (Lipinski definition) is 9. The Bertz CT molecular complexity index is 2240. The standard InChI is InChI=1S/C45H60N6O11S/c1-6-12-35(48-40(55)36(46-28(2)52)25-29-20-22-30(23-21-29)27-63(60,61)62)44(59)51-24-11-18-38(51)43(58)49-37(26-32-15-9-14-31-13-7-8-16-33(31)32)41(56)47-34(17-10-19-39(53)54)42(57)50-45(3,4)5/h7-9,13-16,20-23,34-38H,6,10-12,17-19,24-27H2,1-5H3,(H,46,52)(H,47,56)(H,48,55)(H,49,58)(H,50,57)(H,53,54)(H,60,61,62)/t34-,35-,36-,37-,38-/m0/s1. The average Bonchev–Trinajstić information content (AvgIpc) is 3.69. The fourth-order valence-corrected chi connectivity index (χ4v) is 8.23. The number of carbonyl (C=O) groups excluding carboxylic acids is 6. The summed E-state index contributed by atoms with van der Waals surface area (Å²) in [6, 6.07) is 13.7. The molecule has 0 aliphatic carbocycles. The quantitative estimate of drug-likeness (QED) is 0.0766. The number of rotatable bonds is 21. The Morgan fingerprint density at radius 2 is 1.38 bits per heavy atom. The molecule has 1 aliphatic rings. The van der Waals surface area contributed by atoms with E-state index in [9.17, 15) is 51.6 Å². The molecular weight excluding hydrogens is 833 g/mol. The van der Waals surface area contributed by atoms with Crippen molar-refractivity contribution >= 4 is 62.3 Å². The number of carbonyl (C=O) groups is 7. The normalized spacial score (nSPS) is 16.0. The third kappa shape index (κ3) is 15.8. The zero-order valence-corrected chi connectivity index (χ0v) is 37.3. The van der Waals surface area contributed by atoms with Crippen LogP contribution in [-0.2, 0) is 62.3 Å². The lowest BCUT2D eigenvalue weighted by atomic mass is 9.97. The molecule has 0 bridgehead atoms. The number of likely N-dealkylation sites (tertiary alicyclic amines) is 1. The fourth-order valence-electron chi connectivity index (χ4n) is 7.62. The lowest BCUT2D eigenvalue weighted by molar-refractivity contribution is -0.142. The number of benzene rings is 3. The summed E-state index contributed by atoms with van der Waals surface area (Å²) in [6.07, 6.45) is 1.33. The summed E-state index contributed by atoms with van der Waals surface area (Å²) in [4.78, 5) is 95.0. The number of carboxylic acids is 1. The zero-order chi connectivity index (χ0) is 46.5. The molecule has 3 aromatic rings. The molecule has 7 N–H and O–H groups in total. The highest BCUT2D eigenvalue weighted by atomic mass is 32.2. The predicted octanol–water partition coefficient (Wildman–Crippen LogP) is 2.93. The maximum atomic E-state index is 14.3. The highest BCUT2D eigenvalue weighted by Gasteiger charge is 2.40. The van der Waals surface area contributed by atoms with Crippen molar-refractivity contribution in [3.63, 3.8) is 0 Å². The van der Waals surface area contributed by atoms with Gasteiger partial charge in [0.05, 0.1) is 0 Å². The second-order valence-corrected chi connectivity index (χ2v) is 18.5. The van der Waals surface area contributed by atoms with Crippen molar-refractivity contribution in [2.24, 2.45) is 0 Å². The highest BCUT2D eigenvalue weighted by Crippen LogP contribution is 2.23. The van der Waals surface area contributed by atoms with Gasteiger partial charge in [-0.3, -0.25) is 38.1 Å². The fraction of sp³-hybridized carbons (Fsp3) is 0.489. The largest absolute Gasteiger partial charge is 0.481 e. The Labute approximate surface area is 368 Å². The van der Waals surface area contributed by atoms with E-state index >= 15 is 0 Å². The van der Waals surface area contributed by atoms with E-state index in [1.165, 1.54) is 24.0 Å². The van der Waals surface area contributed by atoms with Gasteiger partial charge in [-0.2, -0.15) is 8.42 Å². The molecule has 1 aliphatic heterocycles. The van der Waals surface area contributed by atoms with Gasteiger partial charge in [-0.05, 0) is 80.3 Å². The third-order valence-electron chi connectivity index (χ3n) is 10.5. The molecule has 4 rings (SSSR count). The first-order valence-corrected chi connectivity index (χ1v) is 22.8. The Morgan fingerprint density at radius 3 is 2.00 bits per heavy atom. The van der Waals surface area contributed by atoms with Crippen LogP contribution in [-0.4, -0.2) is 107 Å². The van der Waals surface area contributed by atoms with Crippen molar-refractivity contribution in [1.29, 1.82) is 0 Å². The SMILES string of the molecule is CCC[C@H](NC(=O)[C@H](Cc1ccc(CS(=O)(=O)O)cc1)NC(C)=O)C(=O)N1CCC[C@H]1C(=O)N[C@@H](Cc1cccc2ccccc12)C(=O)N[C@@H](CCCC(=O)O)C(=O)NC(C)(C)C. The number of nitrogens with zero attached hydrogens (tertiary/aromatic N) is 1. The number of hydrogen-bond donors (Lipinski definition) is 7. The van der Waals surface area contributed by atoms with Crippen LogP contribution in [0.3, 0.4) is 0 Å². The van der Waals surface area contributed by atoms with Crippen LogP contribution in [0.4, 0.5) is 0 Å². The summed E-state index contributed by atoms with van der Waals surface area (Å²) >= 11 is 0. The van der Waals surface area contributed by atoms with Crippen molar-refractivity contribution in [2.75, 3.05) is 6.54 Å². The van der Waals surface area contributed by atoms with Crippen LogP contribution in [0.1, 0.15) is 96.3 Å². The summed E-state index contributed by atoms with van der Waals surface area (Å²) < 4.78 is 31.8. The molecule has 1 fully saturated rings. The molecule has 63 heavy (non-hydrogen) atoms. The van der Waals surface area contributed by atoms with E-state index in [-0.39, 0.29) is 51.5 Å². The minimum absolute atomic E-state index is 0.00220. The van der Waals surface area contributed by atoms with Gasteiger partial charge in [0, 0.05) is 38.3 Å². The van der Waals surface area contributed by atoms with Crippen molar-refractivity contribution < 1.29 is 51.6 Å². The lowest BCUT2D eigenvalue weighted by Gasteiger charge is -2.31. The maximum absolute atomic E-state index is 14.3. The molecule has 0 radical (unpaired) electrons. The van der Waals surface area contributed by atoms with Crippen molar-refractivity contribution in [2.45, 2.75) is 134 Å². The first kappa shape index (κ1) is 49.8. The van der Waals surface area contributed by atoms with E-state index in [0.29, 0.717) is 24.0 Å². The van der Waals surface area contributed by atoms with Crippen LogP contribution in [0.5, 0.6) is 0 Å². The average molecular weight is 893 g/mol. The van der Waals surface area contributed by atoms with Crippen molar-refractivity contribution in [3.8, 4) is 0 Å². The van der Waals surface area contributed by atoms with E-state index in [4.69, 9.17) is 0 Å². The van der Waals surface area contributed by atoms with Gasteiger partial charge >= 0.3 is 5.97 Å². The second-order valence-electron chi connectivity index (χ2n) is 17.0. The van der Waals surface area contributed by atoms with Crippen LogP contribution in [0.15, 0.2) is 66.7 Å². The van der Waals surface area contributed by atoms with Crippen LogP contribution >= 0.6 is 0 Å². The molecule has 6 amide bonds. The van der Waals surface area contributed by atoms with Gasteiger partial charge in [-0.1, -0.05) is 80.1 Å². The van der Waals surface area contributed by atoms with Crippen LogP contribution < -0.4 is 26.6 Å². The minimum atomic E-state index is -4.26. The number of nitrogens with one attached hydrogen (secondary N) is 5. The first-order chi connectivity index (χ1) is 29.6. The van der Waals surface area contributed by atoms with Crippen LogP contribution in [0.2, 0.25) is 0 Å². The molecule has 0 saturated carbocycles. The summed E-state index contributed by atoms with van der Waals surface area (Å²) in [7, 11) is -4.26. The Morgan fingerprint density at radius 1 is 0.762 bits per heavy atom. The third-order valence-corrected chi connectivity index (χ3v) is 11.2. The lowest BCUT2D eigenvalue weighted by Crippen LogP contribution is -2.59. The van der Waals surface area contributed by atoms with E-state index in [0.717, 1.165) is 16.3 Å². The summed E-state index contributed by atoms with van der Waals surface area (Å²) in [5, 5.41) is 24.9. The minimum Gasteiger partial charge on any atom is -0.481 e.